The zero-order chi connectivity index (χ0) is 8.08. The van der Waals surface area contributed by atoms with E-state index in [0.29, 0.717) is 0 Å². The number of phosphoric acid groups is 1. The van der Waals surface area contributed by atoms with Gasteiger partial charge >= 0.3 is 36.0 Å². The zero-order valence-electron chi connectivity index (χ0n) is 4.28. The van der Waals surface area contributed by atoms with Gasteiger partial charge in [-0.25, -0.2) is 4.57 Å². The summed E-state index contributed by atoms with van der Waals surface area (Å²) in [5.74, 6) is 0. The van der Waals surface area contributed by atoms with Gasteiger partial charge in [0, 0.05) is 0 Å². The SMILES string of the molecule is Cl.O=P(O)(O)O.[O]=[W](=[O])[OH]. The molecule has 0 amide bonds. The first kappa shape index (κ1) is 16.9. The van der Waals surface area contributed by atoms with E-state index >= 15 is 0 Å². The molecular formula is H5ClO7PW. The molecule has 0 bridgehead atoms. The van der Waals surface area contributed by atoms with E-state index in [9.17, 15) is 0 Å². The van der Waals surface area contributed by atoms with Crippen molar-refractivity contribution in [1.82, 2.24) is 0 Å². The van der Waals surface area contributed by atoms with Gasteiger partial charge in [0.05, 0.1) is 0 Å². The summed E-state index contributed by atoms with van der Waals surface area (Å²) in [5.41, 5.74) is 0. The van der Waals surface area contributed by atoms with Gasteiger partial charge in [-0.3, -0.25) is 0 Å². The Morgan fingerprint density at radius 2 is 1.10 bits per heavy atom. The molecule has 0 radical (unpaired) electrons. The molecule has 0 aromatic rings. The monoisotopic (exact) mass is 367 g/mol. The van der Waals surface area contributed by atoms with Crippen LogP contribution in [0.15, 0.2) is 0 Å². The fraction of sp³-hybridized carbons (Fsp3) is 0. The van der Waals surface area contributed by atoms with Crippen LogP contribution in [-0.4, -0.2) is 18.4 Å². The van der Waals surface area contributed by atoms with Crippen LogP contribution in [0.2, 0.25) is 0 Å². The summed E-state index contributed by atoms with van der Waals surface area (Å²) in [5, 5.41) is 0. The van der Waals surface area contributed by atoms with Gasteiger partial charge in [0.1, 0.15) is 0 Å². The molecular weight excluding hydrogens is 362 g/mol. The minimum atomic E-state index is -4.64. The van der Waals surface area contributed by atoms with E-state index in [0.717, 1.165) is 0 Å². The van der Waals surface area contributed by atoms with Crippen LogP contribution in [0.3, 0.4) is 0 Å². The van der Waals surface area contributed by atoms with E-state index in [2.05, 4.69) is 0 Å². The van der Waals surface area contributed by atoms with Crippen molar-refractivity contribution >= 4 is 20.2 Å². The average Bonchev–Trinajstić information content (AvgIpc) is 1.19. The van der Waals surface area contributed by atoms with Gasteiger partial charge < -0.3 is 14.7 Å². The van der Waals surface area contributed by atoms with Gasteiger partial charge in [0.25, 0.3) is 0 Å². The summed E-state index contributed by atoms with van der Waals surface area (Å²) in [6, 6.07) is 0. The van der Waals surface area contributed by atoms with Crippen LogP contribution in [0.1, 0.15) is 0 Å². The summed E-state index contributed by atoms with van der Waals surface area (Å²) < 4.78 is 33.5. The molecule has 0 atom stereocenters. The summed E-state index contributed by atoms with van der Waals surface area (Å²) >= 11 is -4.03. The molecule has 0 fully saturated rings. The van der Waals surface area contributed by atoms with Crippen molar-refractivity contribution in [1.29, 1.82) is 0 Å². The second-order valence-corrected chi connectivity index (χ2v) is 3.32. The Hall–Kier alpha value is 0.648. The van der Waals surface area contributed by atoms with Gasteiger partial charge in [-0.1, -0.05) is 0 Å². The summed E-state index contributed by atoms with van der Waals surface area (Å²) in [7, 11) is -4.64. The van der Waals surface area contributed by atoms with Gasteiger partial charge in [0.15, 0.2) is 0 Å². The molecule has 0 aromatic heterocycles. The Bertz CT molecular complexity index is 148. The van der Waals surface area contributed by atoms with Gasteiger partial charge in [-0.05, 0) is 0 Å². The van der Waals surface area contributed by atoms with Crippen molar-refractivity contribution in [3.8, 4) is 0 Å². The van der Waals surface area contributed by atoms with Gasteiger partial charge in [-0.15, -0.1) is 12.4 Å². The molecule has 0 spiro atoms. The minimum absolute atomic E-state index is 0. The van der Waals surface area contributed by atoms with Crippen LogP contribution in [0.4, 0.5) is 0 Å². The molecule has 0 rings (SSSR count). The number of hydrogen-bond acceptors (Lipinski definition) is 3. The standard InChI is InChI=1S/ClH.H3O4P.H2O.2O.W/c;1-5(2,3)4;;;;/h1H;(H3,1,2,3,4);1H2;;;/q;;;;;+1/p-1. The molecule has 0 aliphatic carbocycles. The fourth-order valence-corrected chi connectivity index (χ4v) is 0. The molecule has 4 N–H and O–H groups in total. The fourth-order valence-electron chi connectivity index (χ4n) is 0. The Morgan fingerprint density at radius 3 is 1.10 bits per heavy atom. The first-order valence-electron chi connectivity index (χ1n) is 1.30. The van der Waals surface area contributed by atoms with Crippen LogP contribution in [0, 0.1) is 0 Å². The van der Waals surface area contributed by atoms with Crippen molar-refractivity contribution in [2.45, 2.75) is 0 Å². The molecule has 0 saturated heterocycles. The molecule has 0 heterocycles. The van der Waals surface area contributed by atoms with Gasteiger partial charge in [0.2, 0.25) is 0 Å². The number of halogens is 1. The topological polar surface area (TPSA) is 132 Å². The normalized spacial score (nSPS) is 8.40. The van der Waals surface area contributed by atoms with Crippen molar-refractivity contribution < 1.29 is 47.4 Å². The number of hydrogen-bond donors (Lipinski definition) is 4. The van der Waals surface area contributed by atoms with Crippen molar-refractivity contribution in [2.24, 2.45) is 0 Å². The Labute approximate surface area is 68.0 Å². The third-order valence-corrected chi connectivity index (χ3v) is 0. The van der Waals surface area contributed by atoms with Crippen LogP contribution in [0.5, 0.6) is 0 Å². The maximum absolute atomic E-state index is 8.88. The third kappa shape index (κ3) is 1200. The summed E-state index contributed by atoms with van der Waals surface area (Å²) in [6.07, 6.45) is 0. The molecule has 10 heavy (non-hydrogen) atoms. The Balaban J connectivity index is -0.0000000910. The molecule has 0 aliphatic heterocycles. The Morgan fingerprint density at radius 1 is 1.10 bits per heavy atom. The van der Waals surface area contributed by atoms with E-state index in [4.69, 9.17) is 29.8 Å². The van der Waals surface area contributed by atoms with Crippen molar-refractivity contribution in [3.05, 3.63) is 0 Å². The van der Waals surface area contributed by atoms with Crippen LogP contribution in [0.25, 0.3) is 0 Å². The summed E-state index contributed by atoms with van der Waals surface area (Å²) in [6.45, 7) is 0. The molecule has 65 valence electrons. The van der Waals surface area contributed by atoms with Crippen molar-refractivity contribution in [3.63, 3.8) is 0 Å². The predicted molar refractivity (Wildman–Crippen MR) is 25.1 cm³/mol. The third-order valence-electron chi connectivity index (χ3n) is 0. The van der Waals surface area contributed by atoms with E-state index in [1.807, 2.05) is 0 Å². The molecule has 0 aromatic carbocycles. The van der Waals surface area contributed by atoms with Crippen LogP contribution in [-0.2, 0) is 29.0 Å². The number of rotatable bonds is 0. The van der Waals surface area contributed by atoms with E-state index < -0.39 is 25.4 Å². The average molecular weight is 367 g/mol. The van der Waals surface area contributed by atoms with E-state index in [1.54, 1.807) is 0 Å². The molecule has 0 saturated carbocycles. The predicted octanol–water partition coefficient (Wildman–Crippen LogP) is -1.30. The zero-order valence-corrected chi connectivity index (χ0v) is 8.92. The quantitative estimate of drug-likeness (QED) is 0.391. The van der Waals surface area contributed by atoms with E-state index in [1.165, 1.54) is 0 Å². The first-order valence-corrected chi connectivity index (χ1v) is 6.57. The molecule has 0 aliphatic rings. The molecule has 0 unspecified atom stereocenters. The second-order valence-electron chi connectivity index (χ2n) is 0.730. The van der Waals surface area contributed by atoms with Crippen molar-refractivity contribution in [2.75, 3.05) is 0 Å². The Kier molecular flexibility index (Phi) is 13.1. The molecule has 10 heteroatoms. The van der Waals surface area contributed by atoms with E-state index in [-0.39, 0.29) is 12.4 Å². The van der Waals surface area contributed by atoms with Crippen LogP contribution < -0.4 is 0 Å². The second kappa shape index (κ2) is 7.75. The first-order chi connectivity index (χ1) is 3.73. The maximum atomic E-state index is 8.88. The van der Waals surface area contributed by atoms with Gasteiger partial charge in [-0.2, -0.15) is 0 Å². The summed E-state index contributed by atoms with van der Waals surface area (Å²) in [4.78, 5) is 21.6. The van der Waals surface area contributed by atoms with Crippen LogP contribution >= 0.6 is 20.2 Å². The molecule has 7 nitrogen and oxygen atoms in total.